The molecule has 3 nitrogen and oxygen atoms in total. The topological polar surface area (TPSA) is 39.2 Å². The number of hydrogen-bond acceptors (Lipinski definition) is 3. The molecule has 3 heteroatoms. The van der Waals surface area contributed by atoms with Crippen molar-refractivity contribution >= 4 is 12.0 Å². The molecule has 0 aliphatic heterocycles. The Morgan fingerprint density at radius 3 is 3.07 bits per heavy atom. The number of hydrogen-bond donors (Lipinski definition) is 0. The first kappa shape index (κ1) is 11.4. The summed E-state index contributed by atoms with van der Waals surface area (Å²) in [4.78, 5) is 15.2. The van der Waals surface area contributed by atoms with Gasteiger partial charge < -0.3 is 4.74 Å². The van der Waals surface area contributed by atoms with Gasteiger partial charge in [0.2, 0.25) is 0 Å². The van der Waals surface area contributed by atoms with Gasteiger partial charge in [0.05, 0.1) is 13.0 Å². The van der Waals surface area contributed by atoms with Crippen molar-refractivity contribution < 1.29 is 9.53 Å². The molecule has 1 aromatic rings. The van der Waals surface area contributed by atoms with Crippen molar-refractivity contribution in [1.82, 2.24) is 4.98 Å². The lowest BCUT2D eigenvalue weighted by Gasteiger charge is -1.98. The number of aryl methyl sites for hydroxylation is 1. The highest BCUT2D eigenvalue weighted by Crippen LogP contribution is 2.06. The van der Waals surface area contributed by atoms with Crippen molar-refractivity contribution in [2.45, 2.75) is 20.3 Å². The summed E-state index contributed by atoms with van der Waals surface area (Å²) < 4.78 is 4.80. The van der Waals surface area contributed by atoms with E-state index in [0.717, 1.165) is 11.3 Å². The first-order chi connectivity index (χ1) is 7.24. The van der Waals surface area contributed by atoms with Crippen LogP contribution < -0.4 is 0 Å². The van der Waals surface area contributed by atoms with Crippen molar-refractivity contribution in [1.29, 1.82) is 0 Å². The van der Waals surface area contributed by atoms with Crippen LogP contribution in [0, 0.1) is 6.92 Å². The number of rotatable bonds is 4. The minimum atomic E-state index is -0.199. The third-order valence-corrected chi connectivity index (χ3v) is 1.94. The number of nitrogens with zero attached hydrogens (tertiary/aromatic N) is 1. The van der Waals surface area contributed by atoms with E-state index < -0.39 is 0 Å². The van der Waals surface area contributed by atoms with E-state index in [-0.39, 0.29) is 5.97 Å². The van der Waals surface area contributed by atoms with Gasteiger partial charge in [-0.3, -0.25) is 9.78 Å². The summed E-state index contributed by atoms with van der Waals surface area (Å²) in [5.41, 5.74) is 1.99. The molecule has 0 aliphatic carbocycles. The summed E-state index contributed by atoms with van der Waals surface area (Å²) in [6.07, 6.45) is 5.74. The highest BCUT2D eigenvalue weighted by Gasteiger charge is 1.97. The fourth-order valence-electron chi connectivity index (χ4n) is 1.17. The Bertz CT molecular complexity index is 358. The van der Waals surface area contributed by atoms with Crippen LogP contribution in [0.3, 0.4) is 0 Å². The number of aromatic nitrogens is 1. The van der Waals surface area contributed by atoms with E-state index in [1.54, 1.807) is 19.2 Å². The molecular weight excluding hydrogens is 190 g/mol. The van der Waals surface area contributed by atoms with Crippen LogP contribution in [0.15, 0.2) is 24.4 Å². The second kappa shape index (κ2) is 5.96. The van der Waals surface area contributed by atoms with Crippen LogP contribution in [0.4, 0.5) is 0 Å². The Labute approximate surface area is 89.8 Å². The molecular formula is C12H15NO2. The monoisotopic (exact) mass is 205 g/mol. The van der Waals surface area contributed by atoms with Crippen LogP contribution in [0.5, 0.6) is 0 Å². The molecule has 0 saturated heterocycles. The average molecular weight is 205 g/mol. The molecule has 0 radical (unpaired) electrons. The van der Waals surface area contributed by atoms with E-state index in [0.29, 0.717) is 13.0 Å². The van der Waals surface area contributed by atoms with Gasteiger partial charge in [0, 0.05) is 11.9 Å². The summed E-state index contributed by atoms with van der Waals surface area (Å²) >= 11 is 0. The molecule has 0 saturated carbocycles. The van der Waals surface area contributed by atoms with Gasteiger partial charge in [-0.05, 0) is 25.5 Å². The molecule has 1 aromatic heterocycles. The van der Waals surface area contributed by atoms with Gasteiger partial charge in [0.1, 0.15) is 0 Å². The quantitative estimate of drug-likeness (QED) is 0.708. The first-order valence-corrected chi connectivity index (χ1v) is 4.97. The largest absolute Gasteiger partial charge is 0.466 e. The lowest BCUT2D eigenvalue weighted by molar-refractivity contribution is -0.142. The van der Waals surface area contributed by atoms with Gasteiger partial charge in [-0.15, -0.1) is 0 Å². The van der Waals surface area contributed by atoms with E-state index in [9.17, 15) is 4.79 Å². The minimum Gasteiger partial charge on any atom is -0.466 e. The van der Waals surface area contributed by atoms with E-state index >= 15 is 0 Å². The predicted octanol–water partition coefficient (Wildman–Crippen LogP) is 2.36. The second-order valence-corrected chi connectivity index (χ2v) is 3.09. The Hall–Kier alpha value is -1.64. The van der Waals surface area contributed by atoms with Crippen LogP contribution in [0.25, 0.3) is 6.08 Å². The third kappa shape index (κ3) is 3.94. The summed E-state index contributed by atoms with van der Waals surface area (Å²) in [7, 11) is 0. The first-order valence-electron chi connectivity index (χ1n) is 4.97. The molecule has 0 amide bonds. The predicted molar refractivity (Wildman–Crippen MR) is 59.3 cm³/mol. The van der Waals surface area contributed by atoms with Crippen molar-refractivity contribution in [3.63, 3.8) is 0 Å². The van der Waals surface area contributed by atoms with E-state index in [1.807, 2.05) is 25.1 Å². The standard InChI is InChI=1S/C12H15NO2/c1-3-15-12(14)8-4-6-11-7-5-9-13-10(11)2/h4-7,9H,3,8H2,1-2H3. The molecule has 80 valence electrons. The zero-order valence-electron chi connectivity index (χ0n) is 9.06. The molecule has 0 aromatic carbocycles. The van der Waals surface area contributed by atoms with Gasteiger partial charge in [-0.25, -0.2) is 0 Å². The maximum Gasteiger partial charge on any atom is 0.309 e. The van der Waals surface area contributed by atoms with Gasteiger partial charge in [-0.2, -0.15) is 0 Å². The highest BCUT2D eigenvalue weighted by atomic mass is 16.5. The van der Waals surface area contributed by atoms with Crippen LogP contribution in [-0.4, -0.2) is 17.6 Å². The van der Waals surface area contributed by atoms with Gasteiger partial charge >= 0.3 is 5.97 Å². The minimum absolute atomic E-state index is 0.199. The highest BCUT2D eigenvalue weighted by molar-refractivity contribution is 5.72. The molecule has 15 heavy (non-hydrogen) atoms. The molecule has 0 bridgehead atoms. The molecule has 0 unspecified atom stereocenters. The Kier molecular flexibility index (Phi) is 4.54. The SMILES string of the molecule is CCOC(=O)CC=Cc1cccnc1C. The van der Waals surface area contributed by atoms with E-state index in [4.69, 9.17) is 4.74 Å². The molecule has 0 aliphatic rings. The maximum absolute atomic E-state index is 11.0. The lowest BCUT2D eigenvalue weighted by atomic mass is 10.2. The van der Waals surface area contributed by atoms with Crippen LogP contribution >= 0.6 is 0 Å². The smallest absolute Gasteiger partial charge is 0.309 e. The summed E-state index contributed by atoms with van der Waals surface area (Å²) in [6.45, 7) is 4.16. The van der Waals surface area contributed by atoms with Crippen molar-refractivity contribution in [2.24, 2.45) is 0 Å². The van der Waals surface area contributed by atoms with Gasteiger partial charge in [-0.1, -0.05) is 18.2 Å². The molecule has 1 rings (SSSR count). The summed E-state index contributed by atoms with van der Waals surface area (Å²) in [5.74, 6) is -0.199. The summed E-state index contributed by atoms with van der Waals surface area (Å²) in [5, 5.41) is 0. The Balaban J connectivity index is 2.52. The van der Waals surface area contributed by atoms with Crippen LogP contribution in [0.2, 0.25) is 0 Å². The fraction of sp³-hybridized carbons (Fsp3) is 0.333. The maximum atomic E-state index is 11.0. The molecule has 0 atom stereocenters. The second-order valence-electron chi connectivity index (χ2n) is 3.09. The van der Waals surface area contributed by atoms with E-state index in [2.05, 4.69) is 4.98 Å². The number of carbonyl (C=O) groups is 1. The molecule has 1 heterocycles. The van der Waals surface area contributed by atoms with Gasteiger partial charge in [0.15, 0.2) is 0 Å². The fourth-order valence-corrected chi connectivity index (χ4v) is 1.17. The number of carbonyl (C=O) groups excluding carboxylic acids is 1. The third-order valence-electron chi connectivity index (χ3n) is 1.94. The zero-order chi connectivity index (χ0) is 11.1. The Morgan fingerprint density at radius 2 is 2.40 bits per heavy atom. The molecule has 0 N–H and O–H groups in total. The molecule has 0 fully saturated rings. The Morgan fingerprint density at radius 1 is 1.60 bits per heavy atom. The lowest BCUT2D eigenvalue weighted by Crippen LogP contribution is -2.01. The summed E-state index contributed by atoms with van der Waals surface area (Å²) in [6, 6.07) is 3.83. The normalized spacial score (nSPS) is 10.5. The van der Waals surface area contributed by atoms with Gasteiger partial charge in [0.25, 0.3) is 0 Å². The number of esters is 1. The van der Waals surface area contributed by atoms with Crippen molar-refractivity contribution in [2.75, 3.05) is 6.61 Å². The number of ether oxygens (including phenoxy) is 1. The van der Waals surface area contributed by atoms with Crippen LogP contribution in [-0.2, 0) is 9.53 Å². The number of pyridine rings is 1. The van der Waals surface area contributed by atoms with Crippen molar-refractivity contribution in [3.05, 3.63) is 35.7 Å². The zero-order valence-corrected chi connectivity index (χ0v) is 9.06. The molecule has 0 spiro atoms. The van der Waals surface area contributed by atoms with Crippen molar-refractivity contribution in [3.8, 4) is 0 Å². The van der Waals surface area contributed by atoms with E-state index in [1.165, 1.54) is 0 Å². The van der Waals surface area contributed by atoms with Crippen LogP contribution in [0.1, 0.15) is 24.6 Å². The average Bonchev–Trinajstić information content (AvgIpc) is 2.21.